The number of aromatic nitrogens is 2. The Labute approximate surface area is 148 Å². The summed E-state index contributed by atoms with van der Waals surface area (Å²) in [6, 6.07) is 15.8. The smallest absolute Gasteiger partial charge is 0.184 e. The molecule has 4 rings (SSSR count). The zero-order valence-corrected chi connectivity index (χ0v) is 14.5. The van der Waals surface area contributed by atoms with E-state index in [2.05, 4.69) is 23.0 Å². The molecule has 0 N–H and O–H groups in total. The second-order valence-corrected chi connectivity index (χ2v) is 7.15. The van der Waals surface area contributed by atoms with Gasteiger partial charge in [-0.05, 0) is 43.0 Å². The second-order valence-electron chi connectivity index (χ2n) is 7.15. The maximum absolute atomic E-state index is 12.8. The third-order valence-corrected chi connectivity index (χ3v) is 5.27. The minimum Gasteiger partial charge on any atom is -0.292 e. The monoisotopic (exact) mass is 330 g/mol. The van der Waals surface area contributed by atoms with Crippen molar-refractivity contribution in [1.82, 2.24) is 9.97 Å². The van der Waals surface area contributed by atoms with Crippen LogP contribution in [0, 0.1) is 11.8 Å². The van der Waals surface area contributed by atoms with Crippen molar-refractivity contribution in [3.05, 3.63) is 60.4 Å². The lowest BCUT2D eigenvalue weighted by molar-refractivity contribution is 0.0870. The van der Waals surface area contributed by atoms with Crippen molar-refractivity contribution in [3.63, 3.8) is 0 Å². The first-order valence-electron chi connectivity index (χ1n) is 9.07. The van der Waals surface area contributed by atoms with Crippen LogP contribution in [0.25, 0.3) is 22.2 Å². The zero-order valence-electron chi connectivity index (χ0n) is 14.5. The van der Waals surface area contributed by atoms with Gasteiger partial charge in [-0.2, -0.15) is 0 Å². The van der Waals surface area contributed by atoms with Crippen molar-refractivity contribution >= 4 is 16.7 Å². The largest absolute Gasteiger partial charge is 0.292 e. The summed E-state index contributed by atoms with van der Waals surface area (Å²) in [5.74, 6) is 1.07. The fourth-order valence-corrected chi connectivity index (χ4v) is 3.68. The summed E-state index contributed by atoms with van der Waals surface area (Å²) in [5.41, 5.74) is 3.32. The molecule has 1 aliphatic carbocycles. The predicted octanol–water partition coefficient (Wildman–Crippen LogP) is 5.31. The summed E-state index contributed by atoms with van der Waals surface area (Å²) in [5, 5.41) is 1.08. The number of hydrogen-bond donors (Lipinski definition) is 0. The van der Waals surface area contributed by atoms with E-state index < -0.39 is 0 Å². The van der Waals surface area contributed by atoms with Crippen LogP contribution in [0.3, 0.4) is 0 Å². The summed E-state index contributed by atoms with van der Waals surface area (Å²) in [6.07, 6.45) is 6.10. The summed E-state index contributed by atoms with van der Waals surface area (Å²) in [6.45, 7) is 2.27. The third kappa shape index (κ3) is 3.32. The molecule has 3 heteroatoms. The van der Waals surface area contributed by atoms with Gasteiger partial charge in [-0.1, -0.05) is 44.0 Å². The minimum atomic E-state index is 0.133. The minimum absolute atomic E-state index is 0.133. The fourth-order valence-electron chi connectivity index (χ4n) is 3.68. The fraction of sp³-hybridized carbons (Fsp3) is 0.318. The molecule has 126 valence electrons. The van der Waals surface area contributed by atoms with E-state index in [-0.39, 0.29) is 11.7 Å². The molecule has 3 aromatic rings. The topological polar surface area (TPSA) is 42.9 Å². The molecule has 25 heavy (non-hydrogen) atoms. The van der Waals surface area contributed by atoms with E-state index in [1.165, 1.54) is 0 Å². The van der Waals surface area contributed by atoms with E-state index in [0.29, 0.717) is 5.69 Å². The van der Waals surface area contributed by atoms with Gasteiger partial charge in [-0.25, -0.2) is 4.98 Å². The van der Waals surface area contributed by atoms with Gasteiger partial charge in [0.15, 0.2) is 5.78 Å². The Morgan fingerprint density at radius 2 is 1.80 bits per heavy atom. The van der Waals surface area contributed by atoms with Crippen molar-refractivity contribution in [2.75, 3.05) is 0 Å². The van der Waals surface area contributed by atoms with Crippen LogP contribution in [0.4, 0.5) is 0 Å². The maximum Gasteiger partial charge on any atom is 0.184 e. The Bertz CT molecular complexity index is 911. The molecule has 0 amide bonds. The number of pyridine rings is 2. The van der Waals surface area contributed by atoms with Gasteiger partial charge in [-0.3, -0.25) is 9.78 Å². The van der Waals surface area contributed by atoms with E-state index >= 15 is 0 Å². The third-order valence-electron chi connectivity index (χ3n) is 5.27. The standard InChI is InChI=1S/C22H22N2O/c1-15-9-11-16(12-10-15)22(25)21-8-4-7-20(24-21)18-13-17-5-2-3-6-19(17)23-14-18/h2-8,13-16H,9-12H2,1H3. The van der Waals surface area contributed by atoms with Gasteiger partial charge < -0.3 is 0 Å². The van der Waals surface area contributed by atoms with Crippen LogP contribution in [0.15, 0.2) is 54.7 Å². The van der Waals surface area contributed by atoms with Crippen LogP contribution in [-0.2, 0) is 0 Å². The van der Waals surface area contributed by atoms with Crippen molar-refractivity contribution in [2.24, 2.45) is 11.8 Å². The summed E-state index contributed by atoms with van der Waals surface area (Å²) in [7, 11) is 0. The van der Waals surface area contributed by atoms with E-state index in [4.69, 9.17) is 0 Å². The highest BCUT2D eigenvalue weighted by atomic mass is 16.1. The molecule has 0 unspecified atom stereocenters. The summed E-state index contributed by atoms with van der Waals surface area (Å²) >= 11 is 0. The molecule has 1 aromatic carbocycles. The van der Waals surface area contributed by atoms with Gasteiger partial charge in [0.1, 0.15) is 5.69 Å². The molecule has 0 atom stereocenters. The Morgan fingerprint density at radius 1 is 1.00 bits per heavy atom. The van der Waals surface area contributed by atoms with Crippen molar-refractivity contribution in [3.8, 4) is 11.3 Å². The number of carbonyl (C=O) groups excluding carboxylic acids is 1. The van der Waals surface area contributed by atoms with Gasteiger partial charge in [-0.15, -0.1) is 0 Å². The number of ketones is 1. The predicted molar refractivity (Wildman–Crippen MR) is 100 cm³/mol. The maximum atomic E-state index is 12.8. The first-order valence-corrected chi connectivity index (χ1v) is 9.07. The Balaban J connectivity index is 1.63. The lowest BCUT2D eigenvalue weighted by Crippen LogP contribution is -2.21. The van der Waals surface area contributed by atoms with Crippen molar-refractivity contribution in [2.45, 2.75) is 32.6 Å². The second kappa shape index (κ2) is 6.75. The van der Waals surface area contributed by atoms with Gasteiger partial charge in [0, 0.05) is 23.1 Å². The molecule has 3 nitrogen and oxygen atoms in total. The molecule has 2 aromatic heterocycles. The Kier molecular flexibility index (Phi) is 4.31. The first kappa shape index (κ1) is 15.9. The number of hydrogen-bond acceptors (Lipinski definition) is 3. The van der Waals surface area contributed by atoms with Crippen molar-refractivity contribution in [1.29, 1.82) is 0 Å². The number of benzene rings is 1. The molecule has 1 aliphatic rings. The normalized spacial score (nSPS) is 20.5. The van der Waals surface area contributed by atoms with Gasteiger partial charge >= 0.3 is 0 Å². The van der Waals surface area contributed by atoms with Crippen LogP contribution in [0.1, 0.15) is 43.1 Å². The molecule has 2 heterocycles. The van der Waals surface area contributed by atoms with Crippen LogP contribution in [-0.4, -0.2) is 15.8 Å². The molecule has 0 spiro atoms. The van der Waals surface area contributed by atoms with Crippen LogP contribution < -0.4 is 0 Å². The highest BCUT2D eigenvalue weighted by Crippen LogP contribution is 2.31. The lowest BCUT2D eigenvalue weighted by Gasteiger charge is -2.24. The molecule has 1 fully saturated rings. The Morgan fingerprint density at radius 3 is 2.64 bits per heavy atom. The van der Waals surface area contributed by atoms with Gasteiger partial charge in [0.05, 0.1) is 11.2 Å². The number of nitrogens with zero attached hydrogens (tertiary/aromatic N) is 2. The summed E-state index contributed by atoms with van der Waals surface area (Å²) < 4.78 is 0. The summed E-state index contributed by atoms with van der Waals surface area (Å²) in [4.78, 5) is 22.0. The van der Waals surface area contributed by atoms with E-state index in [0.717, 1.165) is 53.8 Å². The van der Waals surface area contributed by atoms with E-state index in [9.17, 15) is 4.79 Å². The average Bonchev–Trinajstić information content (AvgIpc) is 2.68. The average molecular weight is 330 g/mol. The molecular formula is C22H22N2O. The molecule has 1 saturated carbocycles. The number of rotatable bonds is 3. The van der Waals surface area contributed by atoms with Crippen molar-refractivity contribution < 1.29 is 4.79 Å². The van der Waals surface area contributed by atoms with Crippen LogP contribution >= 0.6 is 0 Å². The van der Waals surface area contributed by atoms with E-state index in [1.54, 1.807) is 0 Å². The van der Waals surface area contributed by atoms with Gasteiger partial charge in [0.2, 0.25) is 0 Å². The highest BCUT2D eigenvalue weighted by Gasteiger charge is 2.26. The first-order chi connectivity index (χ1) is 12.2. The molecule has 0 radical (unpaired) electrons. The number of fused-ring (bicyclic) bond motifs is 1. The molecule has 0 aliphatic heterocycles. The Hall–Kier alpha value is -2.55. The number of carbonyl (C=O) groups is 1. The molecular weight excluding hydrogens is 308 g/mol. The lowest BCUT2D eigenvalue weighted by atomic mass is 9.80. The SMILES string of the molecule is CC1CCC(C(=O)c2cccc(-c3cnc4ccccc4c3)n2)CC1. The molecule has 0 bridgehead atoms. The van der Waals surface area contributed by atoms with Crippen LogP contribution in [0.5, 0.6) is 0 Å². The van der Waals surface area contributed by atoms with E-state index in [1.807, 2.05) is 48.7 Å². The zero-order chi connectivity index (χ0) is 17.2. The number of para-hydroxylation sites is 1. The number of Topliss-reactive ketones (excluding diaryl/α,β-unsaturated/α-hetero) is 1. The van der Waals surface area contributed by atoms with Crippen LogP contribution in [0.2, 0.25) is 0 Å². The van der Waals surface area contributed by atoms with Gasteiger partial charge in [0.25, 0.3) is 0 Å². The highest BCUT2D eigenvalue weighted by molar-refractivity contribution is 5.96. The quantitative estimate of drug-likeness (QED) is 0.612. The molecule has 0 saturated heterocycles.